The van der Waals surface area contributed by atoms with E-state index >= 15 is 0 Å². The molecule has 0 spiro atoms. The van der Waals surface area contributed by atoms with Crippen LogP contribution in [0.3, 0.4) is 0 Å². The smallest absolute Gasteiger partial charge is 0.126 e. The van der Waals surface area contributed by atoms with Gasteiger partial charge in [-0.15, -0.1) is 0 Å². The maximum Gasteiger partial charge on any atom is 0.126 e. The molecule has 0 saturated carbocycles. The van der Waals surface area contributed by atoms with E-state index in [2.05, 4.69) is 16.0 Å². The van der Waals surface area contributed by atoms with Crippen molar-refractivity contribution in [1.29, 1.82) is 5.26 Å². The van der Waals surface area contributed by atoms with Crippen LogP contribution in [-0.2, 0) is 0 Å². The van der Waals surface area contributed by atoms with Crippen molar-refractivity contribution in [3.05, 3.63) is 54.4 Å². The van der Waals surface area contributed by atoms with Gasteiger partial charge in [-0.1, -0.05) is 0 Å². The summed E-state index contributed by atoms with van der Waals surface area (Å²) in [7, 11) is 0. The van der Waals surface area contributed by atoms with Crippen LogP contribution in [0.5, 0.6) is 0 Å². The molecular formula is C14H10N4. The summed E-state index contributed by atoms with van der Waals surface area (Å²) < 4.78 is 1.77. The fraction of sp³-hybridized carbons (Fsp3) is 0.0714. The number of aryl methyl sites for hydroxylation is 1. The van der Waals surface area contributed by atoms with Crippen LogP contribution < -0.4 is 0 Å². The third-order valence-electron chi connectivity index (χ3n) is 2.99. The van der Waals surface area contributed by atoms with Crippen LogP contribution in [0.1, 0.15) is 11.3 Å². The van der Waals surface area contributed by atoms with E-state index in [1.54, 1.807) is 23.1 Å². The molecule has 3 rings (SSSR count). The number of fused-ring (bicyclic) bond motifs is 1. The zero-order valence-corrected chi connectivity index (χ0v) is 9.83. The molecule has 3 aromatic heterocycles. The molecule has 0 aromatic carbocycles. The number of rotatable bonds is 1. The fourth-order valence-electron chi connectivity index (χ4n) is 2.04. The van der Waals surface area contributed by atoms with Gasteiger partial charge in [0.25, 0.3) is 0 Å². The van der Waals surface area contributed by atoms with E-state index in [4.69, 9.17) is 0 Å². The van der Waals surface area contributed by atoms with E-state index in [-0.39, 0.29) is 0 Å². The Labute approximate surface area is 104 Å². The largest absolute Gasteiger partial charge is 0.290 e. The summed E-state index contributed by atoms with van der Waals surface area (Å²) in [5.74, 6) is 0. The van der Waals surface area contributed by atoms with Gasteiger partial charge < -0.3 is 0 Å². The molecule has 4 nitrogen and oxygen atoms in total. The van der Waals surface area contributed by atoms with Crippen molar-refractivity contribution in [2.75, 3.05) is 0 Å². The first-order valence-electron chi connectivity index (χ1n) is 5.57. The molecule has 0 bridgehead atoms. The highest BCUT2D eigenvalue weighted by Crippen LogP contribution is 2.24. The molecule has 4 heteroatoms. The van der Waals surface area contributed by atoms with Gasteiger partial charge >= 0.3 is 0 Å². The molecule has 0 fully saturated rings. The molecule has 0 aliphatic carbocycles. The summed E-state index contributed by atoms with van der Waals surface area (Å²) in [6, 6.07) is 8.02. The SMILES string of the molecule is Cc1ccncc1-c1cc(C#N)n2cncc2c1. The Morgan fingerprint density at radius 3 is 2.89 bits per heavy atom. The fourth-order valence-corrected chi connectivity index (χ4v) is 2.04. The van der Waals surface area contributed by atoms with E-state index in [1.165, 1.54) is 0 Å². The lowest BCUT2D eigenvalue weighted by Crippen LogP contribution is -1.93. The molecule has 3 aromatic rings. The standard InChI is InChI=1S/C14H10N4/c1-10-2-3-16-8-14(10)11-4-12(6-15)18-9-17-7-13(18)5-11/h2-5,7-9H,1H3. The zero-order chi connectivity index (χ0) is 12.5. The minimum atomic E-state index is 0.572. The molecule has 0 unspecified atom stereocenters. The number of nitrogens with zero attached hydrogens (tertiary/aromatic N) is 4. The third-order valence-corrected chi connectivity index (χ3v) is 2.99. The summed E-state index contributed by atoms with van der Waals surface area (Å²) in [6.45, 7) is 2.03. The Morgan fingerprint density at radius 2 is 2.11 bits per heavy atom. The lowest BCUT2D eigenvalue weighted by molar-refractivity contribution is 1.12. The number of hydrogen-bond acceptors (Lipinski definition) is 3. The second-order valence-corrected chi connectivity index (χ2v) is 4.12. The number of nitriles is 1. The van der Waals surface area contributed by atoms with Crippen LogP contribution >= 0.6 is 0 Å². The first-order chi connectivity index (χ1) is 8.79. The first-order valence-corrected chi connectivity index (χ1v) is 5.57. The van der Waals surface area contributed by atoms with Crippen molar-refractivity contribution in [3.8, 4) is 17.2 Å². The van der Waals surface area contributed by atoms with Gasteiger partial charge in [0.15, 0.2) is 0 Å². The Balaban J connectivity index is 2.31. The van der Waals surface area contributed by atoms with Crippen LogP contribution in [-0.4, -0.2) is 14.4 Å². The molecule has 0 radical (unpaired) electrons. The second kappa shape index (κ2) is 3.97. The summed E-state index contributed by atoms with van der Waals surface area (Å²) in [4.78, 5) is 8.20. The molecule has 0 aliphatic heterocycles. The van der Waals surface area contributed by atoms with Gasteiger partial charge in [-0.05, 0) is 36.2 Å². The van der Waals surface area contributed by atoms with Crippen molar-refractivity contribution < 1.29 is 0 Å². The van der Waals surface area contributed by atoms with Crippen LogP contribution in [0.15, 0.2) is 43.1 Å². The van der Waals surface area contributed by atoms with Crippen molar-refractivity contribution in [1.82, 2.24) is 14.4 Å². The average molecular weight is 234 g/mol. The first kappa shape index (κ1) is 10.5. The van der Waals surface area contributed by atoms with Gasteiger partial charge in [0.2, 0.25) is 0 Å². The van der Waals surface area contributed by atoms with Gasteiger partial charge in [0.05, 0.1) is 11.7 Å². The van der Waals surface area contributed by atoms with E-state index in [0.29, 0.717) is 5.69 Å². The average Bonchev–Trinajstić information content (AvgIpc) is 2.86. The number of pyridine rings is 2. The Morgan fingerprint density at radius 1 is 1.22 bits per heavy atom. The lowest BCUT2D eigenvalue weighted by Gasteiger charge is -2.07. The van der Waals surface area contributed by atoms with E-state index < -0.39 is 0 Å². The maximum atomic E-state index is 9.18. The maximum absolute atomic E-state index is 9.18. The summed E-state index contributed by atoms with van der Waals surface area (Å²) in [5.41, 5.74) is 4.65. The highest BCUT2D eigenvalue weighted by Gasteiger charge is 2.07. The van der Waals surface area contributed by atoms with Crippen molar-refractivity contribution in [3.63, 3.8) is 0 Å². The van der Waals surface area contributed by atoms with E-state index in [1.807, 2.05) is 31.3 Å². The third kappa shape index (κ3) is 1.54. The molecule has 0 aliphatic rings. The van der Waals surface area contributed by atoms with Crippen molar-refractivity contribution >= 4 is 5.52 Å². The summed E-state index contributed by atoms with van der Waals surface area (Å²) >= 11 is 0. The molecule has 0 amide bonds. The van der Waals surface area contributed by atoms with Gasteiger partial charge in [-0.25, -0.2) is 4.98 Å². The van der Waals surface area contributed by atoms with Gasteiger partial charge in [-0.2, -0.15) is 5.26 Å². The van der Waals surface area contributed by atoms with Crippen LogP contribution in [0, 0.1) is 18.3 Å². The molecule has 86 valence electrons. The van der Waals surface area contributed by atoms with Crippen LogP contribution in [0.2, 0.25) is 0 Å². The minimum absolute atomic E-state index is 0.572. The van der Waals surface area contributed by atoms with E-state index in [9.17, 15) is 5.26 Å². The van der Waals surface area contributed by atoms with Crippen LogP contribution in [0.25, 0.3) is 16.6 Å². The van der Waals surface area contributed by atoms with Gasteiger partial charge in [0.1, 0.15) is 18.1 Å². The minimum Gasteiger partial charge on any atom is -0.290 e. The highest BCUT2D eigenvalue weighted by atomic mass is 15.0. The van der Waals surface area contributed by atoms with Crippen molar-refractivity contribution in [2.45, 2.75) is 6.92 Å². The molecule has 18 heavy (non-hydrogen) atoms. The summed E-state index contributed by atoms with van der Waals surface area (Å²) in [5, 5.41) is 9.18. The normalized spacial score (nSPS) is 10.4. The Hall–Kier alpha value is -2.67. The zero-order valence-electron chi connectivity index (χ0n) is 9.83. The quantitative estimate of drug-likeness (QED) is 0.650. The van der Waals surface area contributed by atoms with Gasteiger partial charge in [0, 0.05) is 18.0 Å². The molecule has 0 saturated heterocycles. The van der Waals surface area contributed by atoms with Gasteiger partial charge in [-0.3, -0.25) is 9.38 Å². The topological polar surface area (TPSA) is 54.0 Å². The summed E-state index contributed by atoms with van der Waals surface area (Å²) in [6.07, 6.45) is 6.98. The lowest BCUT2D eigenvalue weighted by atomic mass is 10.0. The predicted molar refractivity (Wildman–Crippen MR) is 67.9 cm³/mol. The molecule has 0 N–H and O–H groups in total. The second-order valence-electron chi connectivity index (χ2n) is 4.12. The molecular weight excluding hydrogens is 224 g/mol. The number of aromatic nitrogens is 3. The number of hydrogen-bond donors (Lipinski definition) is 0. The number of imidazole rings is 1. The van der Waals surface area contributed by atoms with Crippen LogP contribution in [0.4, 0.5) is 0 Å². The van der Waals surface area contributed by atoms with E-state index in [0.717, 1.165) is 22.2 Å². The monoisotopic (exact) mass is 234 g/mol. The van der Waals surface area contributed by atoms with Crippen molar-refractivity contribution in [2.24, 2.45) is 0 Å². The predicted octanol–water partition coefficient (Wildman–Crippen LogP) is 2.58. The molecule has 3 heterocycles. The Bertz CT molecular complexity index is 765. The Kier molecular flexibility index (Phi) is 2.31. The highest BCUT2D eigenvalue weighted by molar-refractivity contribution is 5.72. The molecule has 0 atom stereocenters.